The van der Waals surface area contributed by atoms with Crippen LogP contribution in [0.1, 0.15) is 36.8 Å². The Bertz CT molecular complexity index is 1050. The van der Waals surface area contributed by atoms with E-state index in [2.05, 4.69) is 25.9 Å². The molecule has 2 amide bonds. The zero-order valence-electron chi connectivity index (χ0n) is 15.8. The molecule has 3 aromatic heterocycles. The summed E-state index contributed by atoms with van der Waals surface area (Å²) in [6.07, 6.45) is 1.25. The highest BCUT2D eigenvalue weighted by molar-refractivity contribution is 6.04. The van der Waals surface area contributed by atoms with Crippen LogP contribution in [-0.4, -0.2) is 58.9 Å². The highest BCUT2D eigenvalue weighted by atomic mass is 16.6. The lowest BCUT2D eigenvalue weighted by molar-refractivity contribution is 0.0194. The summed E-state index contributed by atoms with van der Waals surface area (Å²) in [7, 11) is 0. The van der Waals surface area contributed by atoms with Crippen molar-refractivity contribution < 1.29 is 14.3 Å². The van der Waals surface area contributed by atoms with Crippen LogP contribution in [0.5, 0.6) is 0 Å². The first kappa shape index (κ1) is 17.9. The molecular formula is C17H20N8O3. The second kappa shape index (κ2) is 6.59. The van der Waals surface area contributed by atoms with Gasteiger partial charge in [-0.1, -0.05) is 0 Å². The van der Waals surface area contributed by atoms with Crippen LogP contribution in [0, 0.1) is 0 Å². The number of nitrogens with zero attached hydrogens (tertiary/aromatic N) is 7. The number of fused-ring (bicyclic) bond motifs is 2. The van der Waals surface area contributed by atoms with Gasteiger partial charge in [0, 0.05) is 24.4 Å². The van der Waals surface area contributed by atoms with Gasteiger partial charge in [-0.05, 0) is 43.3 Å². The molecule has 0 bridgehead atoms. The lowest BCUT2D eigenvalue weighted by Gasteiger charge is -2.30. The number of carbonyl (C=O) groups excluding carboxylic acids is 2. The first-order valence-corrected chi connectivity index (χ1v) is 8.82. The number of pyridine rings is 1. The molecule has 0 saturated heterocycles. The molecular weight excluding hydrogens is 364 g/mol. The Morgan fingerprint density at radius 2 is 2.04 bits per heavy atom. The Labute approximate surface area is 160 Å². The number of carbonyl (C=O) groups is 2. The molecule has 4 rings (SSSR count). The molecule has 146 valence electrons. The average molecular weight is 384 g/mol. The van der Waals surface area contributed by atoms with E-state index < -0.39 is 5.60 Å². The van der Waals surface area contributed by atoms with E-state index in [1.54, 1.807) is 34.0 Å². The average Bonchev–Trinajstić information content (AvgIpc) is 3.24. The summed E-state index contributed by atoms with van der Waals surface area (Å²) in [5.41, 5.74) is 1.17. The third kappa shape index (κ3) is 3.63. The molecule has 3 aromatic rings. The molecule has 11 nitrogen and oxygen atoms in total. The predicted molar refractivity (Wildman–Crippen MR) is 97.6 cm³/mol. The number of aromatic nitrogens is 6. The van der Waals surface area contributed by atoms with Crippen molar-refractivity contribution in [3.8, 4) is 0 Å². The summed E-state index contributed by atoms with van der Waals surface area (Å²) in [5.74, 6) is 0.107. The first-order chi connectivity index (χ1) is 13.3. The van der Waals surface area contributed by atoms with Crippen LogP contribution in [0.25, 0.3) is 5.65 Å². The van der Waals surface area contributed by atoms with Gasteiger partial charge in [0.2, 0.25) is 0 Å². The van der Waals surface area contributed by atoms with Crippen molar-refractivity contribution in [2.75, 3.05) is 11.9 Å². The minimum atomic E-state index is -0.547. The van der Waals surface area contributed by atoms with Crippen molar-refractivity contribution in [3.63, 3.8) is 0 Å². The Hall–Kier alpha value is -3.50. The van der Waals surface area contributed by atoms with Gasteiger partial charge in [-0.15, -0.1) is 5.10 Å². The highest BCUT2D eigenvalue weighted by Crippen LogP contribution is 2.19. The summed E-state index contributed by atoms with van der Waals surface area (Å²) in [6.45, 7) is 6.89. The fraction of sp³-hybridized carbons (Fsp3) is 0.412. The van der Waals surface area contributed by atoms with Crippen LogP contribution < -0.4 is 5.32 Å². The van der Waals surface area contributed by atoms with Gasteiger partial charge in [0.1, 0.15) is 5.60 Å². The van der Waals surface area contributed by atoms with Gasteiger partial charge in [0.25, 0.3) is 5.91 Å². The number of tetrazole rings is 1. The second-order valence-electron chi connectivity index (χ2n) is 7.50. The standard InChI is InChI=1S/C17H20N8O3/c1-17(2,3)28-16(27)23-6-7-24-12(10-23)9-13(20-24)18-15(26)11-4-5-25-14(8-11)19-21-22-25/h4-5,8-9H,6-7,10H2,1-3H3,(H,18,20,26). The van der Waals surface area contributed by atoms with Crippen LogP contribution >= 0.6 is 0 Å². The van der Waals surface area contributed by atoms with Crippen LogP contribution in [-0.2, 0) is 17.8 Å². The van der Waals surface area contributed by atoms with E-state index in [1.807, 2.05) is 20.8 Å². The quantitative estimate of drug-likeness (QED) is 0.707. The van der Waals surface area contributed by atoms with E-state index >= 15 is 0 Å². The van der Waals surface area contributed by atoms with Gasteiger partial charge < -0.3 is 15.0 Å². The molecule has 0 aromatic carbocycles. The number of anilines is 1. The Kier molecular flexibility index (Phi) is 4.21. The first-order valence-electron chi connectivity index (χ1n) is 8.82. The topological polar surface area (TPSA) is 120 Å². The maximum Gasteiger partial charge on any atom is 0.410 e. The highest BCUT2D eigenvalue weighted by Gasteiger charge is 2.27. The molecule has 0 unspecified atom stereocenters. The summed E-state index contributed by atoms with van der Waals surface area (Å²) < 4.78 is 8.67. The van der Waals surface area contributed by atoms with Gasteiger partial charge in [-0.25, -0.2) is 9.31 Å². The largest absolute Gasteiger partial charge is 0.444 e. The minimum Gasteiger partial charge on any atom is -0.444 e. The molecule has 0 atom stereocenters. The van der Waals surface area contributed by atoms with E-state index in [0.717, 1.165) is 5.69 Å². The van der Waals surface area contributed by atoms with Crippen molar-refractivity contribution in [3.05, 3.63) is 35.7 Å². The number of hydrogen-bond donors (Lipinski definition) is 1. The lowest BCUT2D eigenvalue weighted by Crippen LogP contribution is -2.41. The summed E-state index contributed by atoms with van der Waals surface area (Å²) in [4.78, 5) is 26.4. The van der Waals surface area contributed by atoms with Crippen molar-refractivity contribution in [2.45, 2.75) is 39.5 Å². The maximum atomic E-state index is 12.5. The van der Waals surface area contributed by atoms with Gasteiger partial charge in [0.05, 0.1) is 18.8 Å². The Morgan fingerprint density at radius 3 is 2.82 bits per heavy atom. The Morgan fingerprint density at radius 1 is 1.21 bits per heavy atom. The Balaban J connectivity index is 1.45. The molecule has 0 spiro atoms. The molecule has 1 N–H and O–H groups in total. The van der Waals surface area contributed by atoms with E-state index in [9.17, 15) is 9.59 Å². The third-order valence-electron chi connectivity index (χ3n) is 4.15. The normalized spacial score (nSPS) is 14.0. The van der Waals surface area contributed by atoms with E-state index in [-0.39, 0.29) is 12.0 Å². The fourth-order valence-corrected chi connectivity index (χ4v) is 2.88. The maximum absolute atomic E-state index is 12.5. The zero-order valence-corrected chi connectivity index (χ0v) is 15.8. The SMILES string of the molecule is CC(C)(C)OC(=O)N1CCn2nc(NC(=O)c3ccn4nnnc4c3)cc2C1. The predicted octanol–water partition coefficient (Wildman–Crippen LogP) is 1.32. The van der Waals surface area contributed by atoms with Gasteiger partial charge in [-0.2, -0.15) is 5.10 Å². The van der Waals surface area contributed by atoms with Crippen LogP contribution in [0.2, 0.25) is 0 Å². The van der Waals surface area contributed by atoms with Crippen molar-refractivity contribution in [1.82, 2.24) is 34.7 Å². The summed E-state index contributed by atoms with van der Waals surface area (Å²) in [5, 5.41) is 18.3. The smallest absolute Gasteiger partial charge is 0.410 e. The van der Waals surface area contributed by atoms with Crippen molar-refractivity contribution in [1.29, 1.82) is 0 Å². The molecule has 11 heteroatoms. The number of hydrogen-bond acceptors (Lipinski definition) is 7. The summed E-state index contributed by atoms with van der Waals surface area (Å²) in [6, 6.07) is 4.97. The molecule has 1 aliphatic heterocycles. The number of rotatable bonds is 2. The van der Waals surface area contributed by atoms with Crippen LogP contribution in [0.4, 0.5) is 10.6 Å². The molecule has 4 heterocycles. The van der Waals surface area contributed by atoms with Crippen LogP contribution in [0.15, 0.2) is 24.4 Å². The lowest BCUT2D eigenvalue weighted by atomic mass is 10.2. The van der Waals surface area contributed by atoms with Gasteiger partial charge in [0.15, 0.2) is 11.5 Å². The van der Waals surface area contributed by atoms with E-state index in [4.69, 9.17) is 4.74 Å². The monoisotopic (exact) mass is 384 g/mol. The molecule has 0 fully saturated rings. The number of nitrogens with one attached hydrogen (secondary N) is 1. The van der Waals surface area contributed by atoms with Crippen molar-refractivity contribution >= 4 is 23.5 Å². The molecule has 0 saturated carbocycles. The van der Waals surface area contributed by atoms with E-state index in [1.165, 1.54) is 4.52 Å². The number of amides is 2. The molecule has 0 aliphatic carbocycles. The molecule has 28 heavy (non-hydrogen) atoms. The van der Waals surface area contributed by atoms with Crippen molar-refractivity contribution in [2.24, 2.45) is 0 Å². The number of ether oxygens (including phenoxy) is 1. The third-order valence-corrected chi connectivity index (χ3v) is 4.15. The minimum absolute atomic E-state index is 0.315. The molecule has 0 radical (unpaired) electrons. The fourth-order valence-electron chi connectivity index (χ4n) is 2.88. The summed E-state index contributed by atoms with van der Waals surface area (Å²) >= 11 is 0. The van der Waals surface area contributed by atoms with Gasteiger partial charge in [-0.3, -0.25) is 9.48 Å². The van der Waals surface area contributed by atoms with Crippen LogP contribution in [0.3, 0.4) is 0 Å². The van der Waals surface area contributed by atoms with Gasteiger partial charge >= 0.3 is 6.09 Å². The zero-order chi connectivity index (χ0) is 19.9. The molecule has 1 aliphatic rings. The second-order valence-corrected chi connectivity index (χ2v) is 7.50. The van der Waals surface area contributed by atoms with E-state index in [0.29, 0.717) is 36.7 Å².